The Labute approximate surface area is 186 Å². The molecule has 2 unspecified atom stereocenters. The minimum Gasteiger partial charge on any atom is -0.369 e. The fraction of sp³-hybridized carbons (Fsp3) is 0.478. The SMILES string of the molecule is Cc1cc(-c2cc(C(=O)N3CC(C(N)=O)CCC3C)c3cnn(C(C)C)c3n2)c(C)s1. The molecule has 2 amide bonds. The molecular formula is C23H29N5O2S. The zero-order valence-electron chi connectivity index (χ0n) is 18.7. The van der Waals surface area contributed by atoms with Gasteiger partial charge in [0.15, 0.2) is 5.65 Å². The summed E-state index contributed by atoms with van der Waals surface area (Å²) < 4.78 is 1.86. The van der Waals surface area contributed by atoms with E-state index in [9.17, 15) is 9.59 Å². The summed E-state index contributed by atoms with van der Waals surface area (Å²) in [4.78, 5) is 34.6. The summed E-state index contributed by atoms with van der Waals surface area (Å²) in [6.07, 6.45) is 3.20. The number of fused-ring (bicyclic) bond motifs is 1. The van der Waals surface area contributed by atoms with Crippen LogP contribution in [0.15, 0.2) is 18.3 Å². The number of thiophene rings is 1. The van der Waals surface area contributed by atoms with Crippen LogP contribution < -0.4 is 5.73 Å². The van der Waals surface area contributed by atoms with E-state index in [1.165, 1.54) is 9.75 Å². The number of hydrogen-bond donors (Lipinski definition) is 1. The molecular weight excluding hydrogens is 410 g/mol. The van der Waals surface area contributed by atoms with Gasteiger partial charge in [-0.1, -0.05) is 0 Å². The van der Waals surface area contributed by atoms with Crippen LogP contribution in [0, 0.1) is 19.8 Å². The van der Waals surface area contributed by atoms with Gasteiger partial charge in [-0.2, -0.15) is 5.10 Å². The summed E-state index contributed by atoms with van der Waals surface area (Å²) in [7, 11) is 0. The molecule has 31 heavy (non-hydrogen) atoms. The minimum absolute atomic E-state index is 0.0417. The summed E-state index contributed by atoms with van der Waals surface area (Å²) in [5.74, 6) is -0.751. The second kappa shape index (κ2) is 8.07. The molecule has 7 nitrogen and oxygen atoms in total. The van der Waals surface area contributed by atoms with Gasteiger partial charge in [0.25, 0.3) is 5.91 Å². The first-order chi connectivity index (χ1) is 14.7. The van der Waals surface area contributed by atoms with Gasteiger partial charge >= 0.3 is 0 Å². The van der Waals surface area contributed by atoms with Gasteiger partial charge in [0.1, 0.15) is 0 Å². The lowest BCUT2D eigenvalue weighted by atomic mass is 9.92. The number of amides is 2. The first-order valence-corrected chi connectivity index (χ1v) is 11.5. The number of carbonyl (C=O) groups excluding carboxylic acids is 2. The predicted octanol–water partition coefficient (Wildman–Crippen LogP) is 4.08. The van der Waals surface area contributed by atoms with Gasteiger partial charge in [0, 0.05) is 33.9 Å². The number of carbonyl (C=O) groups is 2. The molecule has 2 N–H and O–H groups in total. The molecule has 4 heterocycles. The van der Waals surface area contributed by atoms with Crippen molar-refractivity contribution in [3.63, 3.8) is 0 Å². The molecule has 2 atom stereocenters. The Bertz CT molecular complexity index is 1160. The van der Waals surface area contributed by atoms with Crippen LogP contribution >= 0.6 is 11.3 Å². The lowest BCUT2D eigenvalue weighted by molar-refractivity contribution is -0.123. The number of nitrogens with two attached hydrogens (primary N) is 1. The monoisotopic (exact) mass is 439 g/mol. The third kappa shape index (κ3) is 3.84. The molecule has 0 saturated carbocycles. The van der Waals surface area contributed by atoms with E-state index in [0.717, 1.165) is 29.5 Å². The van der Waals surface area contributed by atoms with Gasteiger partial charge < -0.3 is 10.6 Å². The second-order valence-corrected chi connectivity index (χ2v) is 10.2. The maximum Gasteiger partial charge on any atom is 0.255 e. The maximum atomic E-state index is 13.8. The number of aromatic nitrogens is 3. The van der Waals surface area contributed by atoms with Crippen molar-refractivity contribution in [2.24, 2.45) is 11.7 Å². The molecule has 0 aromatic carbocycles. The largest absolute Gasteiger partial charge is 0.369 e. The number of primary amides is 1. The summed E-state index contributed by atoms with van der Waals surface area (Å²) in [6, 6.07) is 4.15. The number of hydrogen-bond acceptors (Lipinski definition) is 5. The van der Waals surface area contributed by atoms with Crippen molar-refractivity contribution >= 4 is 34.2 Å². The Kier molecular flexibility index (Phi) is 5.60. The number of nitrogens with zero attached hydrogens (tertiary/aromatic N) is 4. The molecule has 3 aromatic rings. The third-order valence-corrected chi connectivity index (χ3v) is 7.11. The number of piperidine rings is 1. The average molecular weight is 440 g/mol. The summed E-state index contributed by atoms with van der Waals surface area (Å²) in [5, 5.41) is 5.26. The number of pyridine rings is 1. The molecule has 3 aromatic heterocycles. The van der Waals surface area contributed by atoms with Crippen molar-refractivity contribution in [3.05, 3.63) is 33.6 Å². The van der Waals surface area contributed by atoms with Crippen LogP contribution in [0.4, 0.5) is 0 Å². The highest BCUT2D eigenvalue weighted by Gasteiger charge is 2.33. The minimum atomic E-state index is -0.345. The van der Waals surface area contributed by atoms with Crippen molar-refractivity contribution < 1.29 is 9.59 Å². The summed E-state index contributed by atoms with van der Waals surface area (Å²) in [5.41, 5.74) is 8.65. The predicted molar refractivity (Wildman–Crippen MR) is 123 cm³/mol. The fourth-order valence-electron chi connectivity index (χ4n) is 4.37. The maximum absolute atomic E-state index is 13.8. The van der Waals surface area contributed by atoms with Crippen molar-refractivity contribution in [2.45, 2.75) is 59.5 Å². The van der Waals surface area contributed by atoms with Crippen molar-refractivity contribution in [2.75, 3.05) is 6.54 Å². The van der Waals surface area contributed by atoms with Gasteiger partial charge in [-0.3, -0.25) is 9.59 Å². The molecule has 1 aliphatic rings. The van der Waals surface area contributed by atoms with E-state index in [2.05, 4.69) is 25.0 Å². The van der Waals surface area contributed by atoms with Gasteiger partial charge in [0.05, 0.1) is 28.8 Å². The molecule has 4 rings (SSSR count). The van der Waals surface area contributed by atoms with Crippen LogP contribution in [0.2, 0.25) is 0 Å². The van der Waals surface area contributed by atoms with Gasteiger partial charge in [0.2, 0.25) is 5.91 Å². The first-order valence-electron chi connectivity index (χ1n) is 10.7. The number of rotatable bonds is 4. The average Bonchev–Trinajstić information content (AvgIpc) is 3.29. The van der Waals surface area contributed by atoms with E-state index < -0.39 is 0 Å². The van der Waals surface area contributed by atoms with Gasteiger partial charge in [-0.05, 0) is 59.6 Å². The Balaban J connectivity index is 1.87. The molecule has 0 spiro atoms. The van der Waals surface area contributed by atoms with E-state index in [1.807, 2.05) is 31.5 Å². The van der Waals surface area contributed by atoms with E-state index in [0.29, 0.717) is 17.8 Å². The molecule has 0 aliphatic carbocycles. The van der Waals surface area contributed by atoms with Crippen molar-refractivity contribution in [3.8, 4) is 11.3 Å². The van der Waals surface area contributed by atoms with E-state index in [1.54, 1.807) is 22.4 Å². The van der Waals surface area contributed by atoms with Crippen LogP contribution in [0.25, 0.3) is 22.3 Å². The van der Waals surface area contributed by atoms with E-state index in [-0.39, 0.29) is 29.8 Å². The molecule has 1 aliphatic heterocycles. The highest BCUT2D eigenvalue weighted by atomic mass is 32.1. The zero-order valence-corrected chi connectivity index (χ0v) is 19.5. The summed E-state index contributed by atoms with van der Waals surface area (Å²) in [6.45, 7) is 10.6. The number of aryl methyl sites for hydroxylation is 2. The molecule has 1 saturated heterocycles. The van der Waals surface area contributed by atoms with E-state index >= 15 is 0 Å². The molecule has 0 bridgehead atoms. The van der Waals surface area contributed by atoms with Crippen LogP contribution in [0.3, 0.4) is 0 Å². The van der Waals surface area contributed by atoms with E-state index in [4.69, 9.17) is 10.7 Å². The fourth-order valence-corrected chi connectivity index (χ4v) is 5.31. The molecule has 1 fully saturated rings. The molecule has 0 radical (unpaired) electrons. The quantitative estimate of drug-likeness (QED) is 0.663. The van der Waals surface area contributed by atoms with Gasteiger partial charge in [-0.15, -0.1) is 11.3 Å². The molecule has 8 heteroatoms. The second-order valence-electron chi connectivity index (χ2n) is 8.79. The zero-order chi connectivity index (χ0) is 22.4. The van der Waals surface area contributed by atoms with Crippen LogP contribution in [0.5, 0.6) is 0 Å². The van der Waals surface area contributed by atoms with Crippen molar-refractivity contribution in [1.82, 2.24) is 19.7 Å². The topological polar surface area (TPSA) is 94.1 Å². The third-order valence-electron chi connectivity index (χ3n) is 6.15. The lowest BCUT2D eigenvalue weighted by Gasteiger charge is -2.37. The normalized spacial score (nSPS) is 19.4. The molecule has 164 valence electrons. The van der Waals surface area contributed by atoms with Crippen molar-refractivity contribution in [1.29, 1.82) is 0 Å². The van der Waals surface area contributed by atoms with Crippen LogP contribution in [-0.2, 0) is 4.79 Å². The summed E-state index contributed by atoms with van der Waals surface area (Å²) >= 11 is 1.72. The van der Waals surface area contributed by atoms with Crippen LogP contribution in [-0.4, -0.2) is 44.1 Å². The van der Waals surface area contributed by atoms with Gasteiger partial charge in [-0.25, -0.2) is 9.67 Å². The highest BCUT2D eigenvalue weighted by molar-refractivity contribution is 7.12. The lowest BCUT2D eigenvalue weighted by Crippen LogP contribution is -2.48. The Morgan fingerprint density at radius 3 is 2.58 bits per heavy atom. The smallest absolute Gasteiger partial charge is 0.255 e. The highest BCUT2D eigenvalue weighted by Crippen LogP contribution is 2.34. The Morgan fingerprint density at radius 2 is 1.97 bits per heavy atom. The van der Waals surface area contributed by atoms with Crippen LogP contribution in [0.1, 0.15) is 59.8 Å². The Morgan fingerprint density at radius 1 is 1.23 bits per heavy atom. The number of likely N-dealkylation sites (tertiary alicyclic amines) is 1. The first kappa shape index (κ1) is 21.5. The Hall–Kier alpha value is -2.74. The standard InChI is InChI=1S/C23H29N5O2S/c1-12(2)28-22-19(10-25-28)18(9-20(26-22)17-8-14(4)31-15(17)5)23(30)27-11-16(21(24)29)7-6-13(27)3/h8-10,12-13,16H,6-7,11H2,1-5H3,(H2,24,29).